The van der Waals surface area contributed by atoms with Crippen LogP contribution in [0.15, 0.2) is 42.5 Å². The Morgan fingerprint density at radius 1 is 1.31 bits per heavy atom. The highest BCUT2D eigenvalue weighted by atomic mass is 16.6. The molecular formula is C14H16O2. The summed E-state index contributed by atoms with van der Waals surface area (Å²) >= 11 is 0. The van der Waals surface area contributed by atoms with E-state index in [1.54, 1.807) is 0 Å². The molecule has 0 spiro atoms. The fraction of sp³-hybridized carbons (Fsp3) is 0.357. The van der Waals surface area contributed by atoms with Gasteiger partial charge in [0.05, 0.1) is 0 Å². The fourth-order valence-corrected chi connectivity index (χ4v) is 1.99. The summed E-state index contributed by atoms with van der Waals surface area (Å²) in [4.78, 5) is 11.3. The maximum absolute atomic E-state index is 11.3. The molecule has 0 aliphatic carbocycles. The first-order valence-electron chi connectivity index (χ1n) is 5.62. The molecule has 1 aliphatic rings. The smallest absolute Gasteiger partial charge is 0.334 e. The summed E-state index contributed by atoms with van der Waals surface area (Å²) in [5.74, 6) is -0.0817. The zero-order chi connectivity index (χ0) is 11.5. The van der Waals surface area contributed by atoms with E-state index < -0.39 is 0 Å². The van der Waals surface area contributed by atoms with E-state index >= 15 is 0 Å². The standard InChI is InChI=1S/C14H16O2/c1-10-11(2)14(15)16-13(10)9-8-12-6-4-3-5-7-12/h3-7,10,13H,2,8-9H2,1H3/t10-,13+/m1/s1. The third-order valence-corrected chi connectivity index (χ3v) is 3.19. The number of hydrogen-bond donors (Lipinski definition) is 0. The maximum Gasteiger partial charge on any atom is 0.334 e. The molecule has 0 amide bonds. The number of cyclic esters (lactones) is 1. The van der Waals surface area contributed by atoms with Crippen molar-refractivity contribution < 1.29 is 9.53 Å². The quantitative estimate of drug-likeness (QED) is 0.573. The van der Waals surface area contributed by atoms with Crippen molar-refractivity contribution >= 4 is 5.97 Å². The molecule has 0 unspecified atom stereocenters. The molecule has 0 aromatic heterocycles. The normalized spacial score (nSPS) is 24.6. The Bertz CT molecular complexity index is 394. The monoisotopic (exact) mass is 216 g/mol. The second kappa shape index (κ2) is 4.52. The number of esters is 1. The van der Waals surface area contributed by atoms with Crippen LogP contribution in [0.2, 0.25) is 0 Å². The van der Waals surface area contributed by atoms with Crippen LogP contribution in [0, 0.1) is 5.92 Å². The van der Waals surface area contributed by atoms with Crippen LogP contribution in [-0.4, -0.2) is 12.1 Å². The van der Waals surface area contributed by atoms with Gasteiger partial charge in [-0.3, -0.25) is 0 Å². The molecule has 16 heavy (non-hydrogen) atoms. The zero-order valence-corrected chi connectivity index (χ0v) is 9.48. The van der Waals surface area contributed by atoms with E-state index in [1.165, 1.54) is 5.56 Å². The van der Waals surface area contributed by atoms with Crippen LogP contribution in [0.5, 0.6) is 0 Å². The second-order valence-corrected chi connectivity index (χ2v) is 4.28. The third kappa shape index (κ3) is 2.16. The molecule has 0 radical (unpaired) electrons. The van der Waals surface area contributed by atoms with Crippen LogP contribution in [0.25, 0.3) is 0 Å². The number of rotatable bonds is 3. The topological polar surface area (TPSA) is 26.3 Å². The molecule has 1 aromatic rings. The van der Waals surface area contributed by atoms with E-state index in [9.17, 15) is 4.79 Å². The Hall–Kier alpha value is -1.57. The number of ether oxygens (including phenoxy) is 1. The van der Waals surface area contributed by atoms with Crippen molar-refractivity contribution in [2.75, 3.05) is 0 Å². The summed E-state index contributed by atoms with van der Waals surface area (Å²) in [7, 11) is 0. The molecule has 0 saturated carbocycles. The van der Waals surface area contributed by atoms with Gasteiger partial charge in [0.25, 0.3) is 0 Å². The van der Waals surface area contributed by atoms with E-state index in [0.717, 1.165) is 12.8 Å². The van der Waals surface area contributed by atoms with Crippen LogP contribution >= 0.6 is 0 Å². The molecule has 84 valence electrons. The molecule has 2 nitrogen and oxygen atoms in total. The van der Waals surface area contributed by atoms with E-state index in [1.807, 2.05) is 25.1 Å². The van der Waals surface area contributed by atoms with E-state index in [-0.39, 0.29) is 18.0 Å². The highest BCUT2D eigenvalue weighted by Gasteiger charge is 2.34. The van der Waals surface area contributed by atoms with Crippen LogP contribution in [-0.2, 0) is 16.0 Å². The summed E-state index contributed by atoms with van der Waals surface area (Å²) in [6.45, 7) is 5.75. The second-order valence-electron chi connectivity index (χ2n) is 4.28. The van der Waals surface area contributed by atoms with Crippen LogP contribution in [0.1, 0.15) is 18.9 Å². The number of carbonyl (C=O) groups excluding carboxylic acids is 1. The maximum atomic E-state index is 11.3. The molecule has 2 rings (SSSR count). The van der Waals surface area contributed by atoms with Gasteiger partial charge in [-0.15, -0.1) is 0 Å². The van der Waals surface area contributed by atoms with Crippen molar-refractivity contribution in [1.82, 2.24) is 0 Å². The highest BCUT2D eigenvalue weighted by Crippen LogP contribution is 2.28. The molecule has 0 bridgehead atoms. The predicted molar refractivity (Wildman–Crippen MR) is 62.9 cm³/mol. The Kier molecular flexibility index (Phi) is 3.09. The molecule has 1 fully saturated rings. The van der Waals surface area contributed by atoms with Gasteiger partial charge in [-0.05, 0) is 18.4 Å². The van der Waals surface area contributed by atoms with Gasteiger partial charge in [0, 0.05) is 11.5 Å². The minimum atomic E-state index is -0.231. The molecule has 1 saturated heterocycles. The van der Waals surface area contributed by atoms with Gasteiger partial charge in [0.15, 0.2) is 0 Å². The summed E-state index contributed by atoms with van der Waals surface area (Å²) in [6, 6.07) is 10.2. The number of carbonyl (C=O) groups is 1. The first-order chi connectivity index (χ1) is 7.68. The Morgan fingerprint density at radius 2 is 2.00 bits per heavy atom. The lowest BCUT2D eigenvalue weighted by molar-refractivity contribution is -0.139. The van der Waals surface area contributed by atoms with Crippen LogP contribution in [0.3, 0.4) is 0 Å². The minimum absolute atomic E-state index is 0.000191. The lowest BCUT2D eigenvalue weighted by atomic mass is 9.95. The average Bonchev–Trinajstić information content (AvgIpc) is 2.56. The van der Waals surface area contributed by atoms with Crippen LogP contribution in [0.4, 0.5) is 0 Å². The predicted octanol–water partition coefficient (Wildman–Crippen LogP) is 2.74. The summed E-state index contributed by atoms with van der Waals surface area (Å²) in [5, 5.41) is 0. The highest BCUT2D eigenvalue weighted by molar-refractivity contribution is 5.90. The molecule has 2 heteroatoms. The molecule has 1 aliphatic heterocycles. The Balaban J connectivity index is 1.92. The third-order valence-electron chi connectivity index (χ3n) is 3.19. The van der Waals surface area contributed by atoms with Gasteiger partial charge < -0.3 is 4.74 Å². The van der Waals surface area contributed by atoms with Gasteiger partial charge in [0.2, 0.25) is 0 Å². The molecule has 1 aromatic carbocycles. The summed E-state index contributed by atoms with van der Waals surface area (Å²) in [5.41, 5.74) is 1.89. The van der Waals surface area contributed by atoms with Gasteiger partial charge >= 0.3 is 5.97 Å². The average molecular weight is 216 g/mol. The number of hydrogen-bond acceptors (Lipinski definition) is 2. The first kappa shape index (κ1) is 10.9. The van der Waals surface area contributed by atoms with E-state index in [4.69, 9.17) is 4.74 Å². The van der Waals surface area contributed by atoms with E-state index in [0.29, 0.717) is 5.57 Å². The van der Waals surface area contributed by atoms with Crippen molar-refractivity contribution in [2.45, 2.75) is 25.9 Å². The lowest BCUT2D eigenvalue weighted by Gasteiger charge is -2.13. The molecular weight excluding hydrogens is 200 g/mol. The van der Waals surface area contributed by atoms with Gasteiger partial charge in [0.1, 0.15) is 6.10 Å². The molecule has 2 atom stereocenters. The van der Waals surface area contributed by atoms with Crippen molar-refractivity contribution in [1.29, 1.82) is 0 Å². The summed E-state index contributed by atoms with van der Waals surface area (Å²) in [6.07, 6.45) is 1.81. The molecule has 0 N–H and O–H groups in total. The van der Waals surface area contributed by atoms with Gasteiger partial charge in [-0.1, -0.05) is 43.8 Å². The Labute approximate surface area is 95.9 Å². The number of benzene rings is 1. The van der Waals surface area contributed by atoms with Gasteiger partial charge in [-0.25, -0.2) is 4.79 Å². The van der Waals surface area contributed by atoms with E-state index in [2.05, 4.69) is 18.7 Å². The van der Waals surface area contributed by atoms with Crippen molar-refractivity contribution in [3.63, 3.8) is 0 Å². The van der Waals surface area contributed by atoms with Crippen molar-refractivity contribution in [3.8, 4) is 0 Å². The van der Waals surface area contributed by atoms with Crippen molar-refractivity contribution in [2.24, 2.45) is 5.92 Å². The first-order valence-corrected chi connectivity index (χ1v) is 5.62. The number of aryl methyl sites for hydroxylation is 1. The molecule has 1 heterocycles. The van der Waals surface area contributed by atoms with Crippen LogP contribution < -0.4 is 0 Å². The zero-order valence-electron chi connectivity index (χ0n) is 9.48. The van der Waals surface area contributed by atoms with Gasteiger partial charge in [-0.2, -0.15) is 0 Å². The fourth-order valence-electron chi connectivity index (χ4n) is 1.99. The Morgan fingerprint density at radius 3 is 2.56 bits per heavy atom. The summed E-state index contributed by atoms with van der Waals surface area (Å²) < 4.78 is 5.27. The minimum Gasteiger partial charge on any atom is -0.458 e. The SMILES string of the molecule is C=C1C(=O)O[C@@H](CCc2ccccc2)[C@@H]1C. The van der Waals surface area contributed by atoms with Crippen molar-refractivity contribution in [3.05, 3.63) is 48.0 Å². The largest absolute Gasteiger partial charge is 0.458 e. The lowest BCUT2D eigenvalue weighted by Crippen LogP contribution is -2.14.